The van der Waals surface area contributed by atoms with Crippen molar-refractivity contribution in [3.05, 3.63) is 29.7 Å². The summed E-state index contributed by atoms with van der Waals surface area (Å²) in [7, 11) is 0. The van der Waals surface area contributed by atoms with E-state index in [9.17, 15) is 0 Å². The lowest BCUT2D eigenvalue weighted by Gasteiger charge is -2.39. The number of anilines is 1. The number of hydrogen-bond acceptors (Lipinski definition) is 5. The smallest absolute Gasteiger partial charge is 0.202 e. The molecule has 0 aromatic carbocycles. The van der Waals surface area contributed by atoms with Gasteiger partial charge in [0, 0.05) is 31.0 Å². The minimum absolute atomic E-state index is 0.571. The summed E-state index contributed by atoms with van der Waals surface area (Å²) in [6.45, 7) is 2.13. The van der Waals surface area contributed by atoms with Gasteiger partial charge in [0.1, 0.15) is 11.3 Å². The Kier molecular flexibility index (Phi) is 3.81. The third-order valence-corrected chi connectivity index (χ3v) is 6.41. The number of hydrogen-bond donors (Lipinski definition) is 1. The second kappa shape index (κ2) is 6.20. The van der Waals surface area contributed by atoms with Crippen LogP contribution in [0.5, 0.6) is 0 Å². The Morgan fingerprint density at radius 3 is 2.65 bits per heavy atom. The van der Waals surface area contributed by atoms with Gasteiger partial charge in [-0.1, -0.05) is 24.4 Å². The van der Waals surface area contributed by atoms with E-state index in [1.807, 2.05) is 12.3 Å². The number of fused-ring (bicyclic) bond motifs is 1. The Hall–Kier alpha value is -2.21. The maximum Gasteiger partial charge on any atom is 0.202 e. The van der Waals surface area contributed by atoms with Crippen molar-refractivity contribution in [2.45, 2.75) is 38.5 Å². The Balaban J connectivity index is 1.42. The van der Waals surface area contributed by atoms with Crippen LogP contribution >= 0.6 is 11.6 Å². The van der Waals surface area contributed by atoms with E-state index in [-0.39, 0.29) is 0 Å². The maximum absolute atomic E-state index is 6.26. The van der Waals surface area contributed by atoms with Gasteiger partial charge in [-0.05, 0) is 37.2 Å². The first kappa shape index (κ1) is 16.0. The van der Waals surface area contributed by atoms with Crippen LogP contribution in [0.15, 0.2) is 24.7 Å². The van der Waals surface area contributed by atoms with E-state index < -0.39 is 0 Å². The van der Waals surface area contributed by atoms with Gasteiger partial charge in [-0.3, -0.25) is 10.1 Å². The summed E-state index contributed by atoms with van der Waals surface area (Å²) >= 11 is 6.26. The molecule has 2 aliphatic rings. The lowest BCUT2D eigenvalue weighted by Crippen LogP contribution is -2.39. The summed E-state index contributed by atoms with van der Waals surface area (Å²) in [4.78, 5) is 15.8. The fourth-order valence-electron chi connectivity index (χ4n) is 4.54. The standard InChI is InChI=1S/C19H21ClN6/c20-14-11-21-8-3-13(14)16-17-18(25-24-16)23-15(12-22-17)26-9-6-19(7-10-26)4-1-2-5-19/h3,8,11-12H,1-2,4-7,9-10H2,(H,23,24,25). The molecule has 5 rings (SSSR count). The SMILES string of the molecule is Clc1cnccc1-c1[nH]nc2nc(N3CCC4(CCCC4)CC3)cnc12. The Labute approximate surface area is 157 Å². The molecule has 1 saturated heterocycles. The van der Waals surface area contributed by atoms with E-state index in [0.29, 0.717) is 16.1 Å². The van der Waals surface area contributed by atoms with Gasteiger partial charge in [0.2, 0.25) is 5.65 Å². The molecule has 1 spiro atoms. The molecule has 3 aromatic heterocycles. The number of nitrogens with one attached hydrogen (secondary N) is 1. The van der Waals surface area contributed by atoms with Crippen molar-refractivity contribution in [2.24, 2.45) is 5.41 Å². The summed E-state index contributed by atoms with van der Waals surface area (Å²) in [5, 5.41) is 7.96. The molecule has 0 atom stereocenters. The van der Waals surface area contributed by atoms with Crippen LogP contribution in [0, 0.1) is 5.41 Å². The molecule has 4 heterocycles. The van der Waals surface area contributed by atoms with Gasteiger partial charge in [-0.2, -0.15) is 5.10 Å². The van der Waals surface area contributed by atoms with Crippen LogP contribution in [-0.2, 0) is 0 Å². The van der Waals surface area contributed by atoms with Crippen molar-refractivity contribution in [1.82, 2.24) is 25.1 Å². The zero-order chi connectivity index (χ0) is 17.6. The van der Waals surface area contributed by atoms with Crippen molar-refractivity contribution < 1.29 is 0 Å². The highest BCUT2D eigenvalue weighted by atomic mass is 35.5. The highest BCUT2D eigenvalue weighted by Gasteiger charge is 2.37. The fourth-order valence-corrected chi connectivity index (χ4v) is 4.75. The number of halogens is 1. The second-order valence-corrected chi connectivity index (χ2v) is 7.96. The predicted octanol–water partition coefficient (Wildman–Crippen LogP) is 4.23. The quantitative estimate of drug-likeness (QED) is 0.733. The number of piperidine rings is 1. The maximum atomic E-state index is 6.26. The first-order chi connectivity index (χ1) is 12.7. The van der Waals surface area contributed by atoms with Gasteiger partial charge >= 0.3 is 0 Å². The van der Waals surface area contributed by atoms with Crippen molar-refractivity contribution in [2.75, 3.05) is 18.0 Å². The van der Waals surface area contributed by atoms with E-state index in [1.165, 1.54) is 38.5 Å². The highest BCUT2D eigenvalue weighted by molar-refractivity contribution is 6.33. The van der Waals surface area contributed by atoms with E-state index in [0.717, 1.165) is 35.7 Å². The minimum Gasteiger partial charge on any atom is -0.355 e. The van der Waals surface area contributed by atoms with Crippen molar-refractivity contribution >= 4 is 28.6 Å². The number of nitrogens with zero attached hydrogens (tertiary/aromatic N) is 5. The number of aromatic nitrogens is 5. The Morgan fingerprint density at radius 1 is 1.08 bits per heavy atom. The molecule has 0 amide bonds. The molecule has 6 nitrogen and oxygen atoms in total. The number of aromatic amines is 1. The molecule has 0 unspecified atom stereocenters. The molecule has 7 heteroatoms. The third kappa shape index (κ3) is 2.63. The molecule has 3 aromatic rings. The van der Waals surface area contributed by atoms with Crippen LogP contribution in [0.4, 0.5) is 5.82 Å². The van der Waals surface area contributed by atoms with Crippen LogP contribution in [-0.4, -0.2) is 38.2 Å². The largest absolute Gasteiger partial charge is 0.355 e. The monoisotopic (exact) mass is 368 g/mol. The molecular formula is C19H21ClN6. The molecule has 0 bridgehead atoms. The average Bonchev–Trinajstić information content (AvgIpc) is 3.30. The molecule has 0 radical (unpaired) electrons. The van der Waals surface area contributed by atoms with Gasteiger partial charge in [-0.25, -0.2) is 9.97 Å². The fraction of sp³-hybridized carbons (Fsp3) is 0.474. The molecule has 26 heavy (non-hydrogen) atoms. The number of rotatable bonds is 2. The summed E-state index contributed by atoms with van der Waals surface area (Å²) in [6, 6.07) is 1.86. The lowest BCUT2D eigenvalue weighted by atomic mass is 9.77. The van der Waals surface area contributed by atoms with Crippen LogP contribution in [0.25, 0.3) is 22.4 Å². The molecule has 1 N–H and O–H groups in total. The lowest BCUT2D eigenvalue weighted by molar-refractivity contribution is 0.226. The van der Waals surface area contributed by atoms with Crippen LogP contribution in [0.2, 0.25) is 5.02 Å². The third-order valence-electron chi connectivity index (χ3n) is 6.11. The van der Waals surface area contributed by atoms with Gasteiger partial charge < -0.3 is 4.90 Å². The van der Waals surface area contributed by atoms with Crippen molar-refractivity contribution in [1.29, 1.82) is 0 Å². The average molecular weight is 369 g/mol. The van der Waals surface area contributed by atoms with E-state index >= 15 is 0 Å². The summed E-state index contributed by atoms with van der Waals surface area (Å²) in [6.07, 6.45) is 13.3. The first-order valence-corrected chi connectivity index (χ1v) is 9.68. The van der Waals surface area contributed by atoms with Crippen LogP contribution < -0.4 is 4.90 Å². The van der Waals surface area contributed by atoms with Gasteiger partial charge in [0.25, 0.3) is 0 Å². The Bertz CT molecular complexity index is 936. The molecule has 1 aliphatic heterocycles. The number of pyridine rings is 1. The normalized spacial score (nSPS) is 19.5. The molecule has 1 aliphatic carbocycles. The van der Waals surface area contributed by atoms with Crippen LogP contribution in [0.3, 0.4) is 0 Å². The van der Waals surface area contributed by atoms with E-state index in [1.54, 1.807) is 12.4 Å². The molecular weight excluding hydrogens is 348 g/mol. The summed E-state index contributed by atoms with van der Waals surface area (Å²) in [5.74, 6) is 0.921. The minimum atomic E-state index is 0.571. The van der Waals surface area contributed by atoms with Gasteiger partial charge in [0.05, 0.1) is 16.9 Å². The van der Waals surface area contributed by atoms with Crippen LogP contribution in [0.1, 0.15) is 38.5 Å². The van der Waals surface area contributed by atoms with Gasteiger partial charge in [-0.15, -0.1) is 0 Å². The zero-order valence-corrected chi connectivity index (χ0v) is 15.3. The van der Waals surface area contributed by atoms with Crippen molar-refractivity contribution in [3.63, 3.8) is 0 Å². The Morgan fingerprint density at radius 2 is 1.88 bits per heavy atom. The molecule has 134 valence electrons. The second-order valence-electron chi connectivity index (χ2n) is 7.55. The number of H-pyrrole nitrogens is 1. The molecule has 1 saturated carbocycles. The highest BCUT2D eigenvalue weighted by Crippen LogP contribution is 2.46. The van der Waals surface area contributed by atoms with Gasteiger partial charge in [0.15, 0.2) is 0 Å². The van der Waals surface area contributed by atoms with Crippen molar-refractivity contribution in [3.8, 4) is 11.3 Å². The summed E-state index contributed by atoms with van der Waals surface area (Å²) < 4.78 is 0. The van der Waals surface area contributed by atoms with E-state index in [4.69, 9.17) is 16.6 Å². The first-order valence-electron chi connectivity index (χ1n) is 9.30. The summed E-state index contributed by atoms with van der Waals surface area (Å²) in [5.41, 5.74) is 3.60. The topological polar surface area (TPSA) is 70.6 Å². The zero-order valence-electron chi connectivity index (χ0n) is 14.6. The molecule has 2 fully saturated rings. The predicted molar refractivity (Wildman–Crippen MR) is 102 cm³/mol. The van der Waals surface area contributed by atoms with E-state index in [2.05, 4.69) is 25.1 Å².